The minimum atomic E-state index is -0.673. The lowest BCUT2D eigenvalue weighted by molar-refractivity contribution is -0.126. The third-order valence-electron chi connectivity index (χ3n) is 6.13. The fraction of sp³-hybridized carbons (Fsp3) is 0.333. The van der Waals surface area contributed by atoms with Crippen LogP contribution in [0.15, 0.2) is 65.4 Å². The van der Waals surface area contributed by atoms with Crippen molar-refractivity contribution in [2.24, 2.45) is 0 Å². The van der Waals surface area contributed by atoms with E-state index >= 15 is 0 Å². The predicted molar refractivity (Wildman–Crippen MR) is 122 cm³/mol. The molecule has 1 fully saturated rings. The zero-order chi connectivity index (χ0) is 22.6. The molecular formula is C24H26N6O3. The van der Waals surface area contributed by atoms with Crippen molar-refractivity contribution in [3.63, 3.8) is 0 Å². The number of methoxy groups -OCH3 is 1. The first kappa shape index (κ1) is 21.3. The van der Waals surface area contributed by atoms with Crippen molar-refractivity contribution >= 4 is 22.8 Å². The molecule has 0 radical (unpaired) electrons. The Morgan fingerprint density at radius 3 is 2.70 bits per heavy atom. The monoisotopic (exact) mass is 446 g/mol. The molecule has 2 aromatic carbocycles. The van der Waals surface area contributed by atoms with Gasteiger partial charge in [0.25, 0.3) is 5.91 Å². The highest BCUT2D eigenvalue weighted by Crippen LogP contribution is 2.27. The Balaban J connectivity index is 1.20. The molecule has 0 spiro atoms. The van der Waals surface area contributed by atoms with Crippen LogP contribution in [0.1, 0.15) is 36.1 Å². The Morgan fingerprint density at radius 1 is 1.12 bits per heavy atom. The minimum absolute atomic E-state index is 0.208. The fourth-order valence-corrected chi connectivity index (χ4v) is 4.42. The standard InChI is InChI=1S/C24H26N6O3/c1-32-23(18-5-3-2-4-6-18)24(31)26-22-9-12-25-30(22)19-10-13-29(14-11-19)16-17-7-8-20-21(15-17)28-33-27-20/h2-9,12,15,19,23H,10-11,13-14,16H2,1H3,(H,26,31). The summed E-state index contributed by atoms with van der Waals surface area (Å²) in [4.78, 5) is 15.3. The maximum Gasteiger partial charge on any atom is 0.259 e. The van der Waals surface area contributed by atoms with Gasteiger partial charge in [0.05, 0.1) is 12.2 Å². The van der Waals surface area contributed by atoms with Gasteiger partial charge < -0.3 is 10.1 Å². The number of piperidine rings is 1. The van der Waals surface area contributed by atoms with E-state index in [0.717, 1.165) is 49.1 Å². The van der Waals surface area contributed by atoms with Crippen LogP contribution in [0.25, 0.3) is 11.0 Å². The van der Waals surface area contributed by atoms with Crippen LogP contribution in [0.4, 0.5) is 5.82 Å². The summed E-state index contributed by atoms with van der Waals surface area (Å²) in [5, 5.41) is 15.3. The van der Waals surface area contributed by atoms with Crippen LogP contribution in [0.5, 0.6) is 0 Å². The van der Waals surface area contributed by atoms with Gasteiger partial charge in [-0.3, -0.25) is 9.69 Å². The number of nitrogens with one attached hydrogen (secondary N) is 1. The van der Waals surface area contributed by atoms with Gasteiger partial charge in [-0.2, -0.15) is 5.10 Å². The van der Waals surface area contributed by atoms with Crippen LogP contribution < -0.4 is 5.32 Å². The van der Waals surface area contributed by atoms with Gasteiger partial charge in [-0.15, -0.1) is 0 Å². The molecule has 2 aromatic heterocycles. The summed E-state index contributed by atoms with van der Waals surface area (Å²) in [7, 11) is 1.54. The lowest BCUT2D eigenvalue weighted by Gasteiger charge is -2.32. The van der Waals surface area contributed by atoms with Gasteiger partial charge in [0, 0.05) is 32.8 Å². The molecule has 3 heterocycles. The number of fused-ring (bicyclic) bond motifs is 1. The van der Waals surface area contributed by atoms with E-state index in [1.807, 2.05) is 53.2 Å². The van der Waals surface area contributed by atoms with Crippen LogP contribution in [-0.2, 0) is 16.1 Å². The number of carbonyl (C=O) groups excluding carboxylic acids is 1. The molecule has 170 valence electrons. The van der Waals surface area contributed by atoms with E-state index in [4.69, 9.17) is 9.37 Å². The summed E-state index contributed by atoms with van der Waals surface area (Å²) in [6.45, 7) is 2.74. The second-order valence-electron chi connectivity index (χ2n) is 8.27. The van der Waals surface area contributed by atoms with E-state index < -0.39 is 6.10 Å². The van der Waals surface area contributed by atoms with Crippen LogP contribution in [0, 0.1) is 0 Å². The molecule has 1 N–H and O–H groups in total. The topological polar surface area (TPSA) is 98.3 Å². The van der Waals surface area contributed by atoms with Crippen molar-refractivity contribution in [1.82, 2.24) is 25.0 Å². The Morgan fingerprint density at radius 2 is 1.91 bits per heavy atom. The molecule has 0 saturated carbocycles. The zero-order valence-corrected chi connectivity index (χ0v) is 18.4. The highest BCUT2D eigenvalue weighted by Gasteiger charge is 2.25. The molecular weight excluding hydrogens is 420 g/mol. The Bertz CT molecular complexity index is 1210. The molecule has 9 nitrogen and oxygen atoms in total. The first-order valence-electron chi connectivity index (χ1n) is 11.1. The summed E-state index contributed by atoms with van der Waals surface area (Å²) in [5.41, 5.74) is 3.56. The van der Waals surface area contributed by atoms with Gasteiger partial charge in [0.2, 0.25) is 0 Å². The lowest BCUT2D eigenvalue weighted by Crippen LogP contribution is -2.35. The molecule has 1 aliphatic rings. The highest BCUT2D eigenvalue weighted by atomic mass is 16.6. The summed E-state index contributed by atoms with van der Waals surface area (Å²) < 4.78 is 12.2. The van der Waals surface area contributed by atoms with E-state index in [-0.39, 0.29) is 11.9 Å². The van der Waals surface area contributed by atoms with Gasteiger partial charge >= 0.3 is 0 Å². The van der Waals surface area contributed by atoms with Gasteiger partial charge in [-0.25, -0.2) is 9.31 Å². The smallest absolute Gasteiger partial charge is 0.259 e. The third-order valence-corrected chi connectivity index (χ3v) is 6.13. The number of anilines is 1. The van der Waals surface area contributed by atoms with E-state index in [0.29, 0.717) is 5.82 Å². The van der Waals surface area contributed by atoms with Crippen molar-refractivity contribution in [1.29, 1.82) is 0 Å². The first-order valence-corrected chi connectivity index (χ1v) is 11.1. The molecule has 33 heavy (non-hydrogen) atoms. The van der Waals surface area contributed by atoms with E-state index in [2.05, 4.69) is 31.7 Å². The molecule has 0 bridgehead atoms. The van der Waals surface area contributed by atoms with Crippen molar-refractivity contribution in [3.05, 3.63) is 71.9 Å². The van der Waals surface area contributed by atoms with Gasteiger partial charge in [-0.1, -0.05) is 36.4 Å². The van der Waals surface area contributed by atoms with Crippen LogP contribution in [-0.4, -0.2) is 51.1 Å². The third kappa shape index (κ3) is 4.64. The largest absolute Gasteiger partial charge is 0.367 e. The second kappa shape index (κ2) is 9.51. The van der Waals surface area contributed by atoms with Crippen molar-refractivity contribution in [2.75, 3.05) is 25.5 Å². The van der Waals surface area contributed by atoms with Crippen molar-refractivity contribution < 1.29 is 14.2 Å². The lowest BCUT2D eigenvalue weighted by atomic mass is 10.0. The van der Waals surface area contributed by atoms with Crippen molar-refractivity contribution in [2.45, 2.75) is 31.5 Å². The summed E-state index contributed by atoms with van der Waals surface area (Å²) in [6, 6.07) is 17.6. The Labute approximate surface area is 191 Å². The number of nitrogens with zero attached hydrogens (tertiary/aromatic N) is 5. The second-order valence-corrected chi connectivity index (χ2v) is 8.27. The maximum absolute atomic E-state index is 12.9. The number of hydrogen-bond acceptors (Lipinski definition) is 7. The Hall–Kier alpha value is -3.56. The fourth-order valence-electron chi connectivity index (χ4n) is 4.42. The van der Waals surface area contributed by atoms with E-state index in [1.165, 1.54) is 5.56 Å². The predicted octanol–water partition coefficient (Wildman–Crippen LogP) is 3.58. The average Bonchev–Trinajstić information content (AvgIpc) is 3.50. The molecule has 0 aliphatic carbocycles. The highest BCUT2D eigenvalue weighted by molar-refractivity contribution is 5.94. The number of carbonyl (C=O) groups is 1. The molecule has 1 amide bonds. The number of benzene rings is 2. The minimum Gasteiger partial charge on any atom is -0.367 e. The maximum atomic E-state index is 12.9. The molecule has 1 aliphatic heterocycles. The Kier molecular flexibility index (Phi) is 6.14. The van der Waals surface area contributed by atoms with Gasteiger partial charge in [0.1, 0.15) is 16.9 Å². The molecule has 1 atom stereocenters. The van der Waals surface area contributed by atoms with Gasteiger partial charge in [-0.05, 0) is 46.4 Å². The van der Waals surface area contributed by atoms with Crippen LogP contribution >= 0.6 is 0 Å². The first-order chi connectivity index (χ1) is 16.2. The SMILES string of the molecule is COC(C(=O)Nc1ccnn1C1CCN(Cc2ccc3nonc3c2)CC1)c1ccccc1. The number of ether oxygens (including phenoxy) is 1. The summed E-state index contributed by atoms with van der Waals surface area (Å²) in [5.74, 6) is 0.487. The quantitative estimate of drug-likeness (QED) is 0.463. The zero-order valence-electron chi connectivity index (χ0n) is 18.4. The summed E-state index contributed by atoms with van der Waals surface area (Å²) >= 11 is 0. The number of likely N-dealkylation sites (tertiary alicyclic amines) is 1. The van der Waals surface area contributed by atoms with Crippen molar-refractivity contribution in [3.8, 4) is 0 Å². The van der Waals surface area contributed by atoms with E-state index in [1.54, 1.807) is 13.3 Å². The average molecular weight is 447 g/mol. The molecule has 5 rings (SSSR count). The van der Waals surface area contributed by atoms with E-state index in [9.17, 15) is 4.79 Å². The molecule has 1 unspecified atom stereocenters. The number of hydrogen-bond donors (Lipinski definition) is 1. The molecule has 9 heteroatoms. The number of aromatic nitrogens is 4. The van der Waals surface area contributed by atoms with Gasteiger partial charge in [0.15, 0.2) is 6.10 Å². The van der Waals surface area contributed by atoms with Crippen LogP contribution in [0.3, 0.4) is 0 Å². The summed E-state index contributed by atoms with van der Waals surface area (Å²) in [6.07, 6.45) is 2.96. The number of amides is 1. The molecule has 1 saturated heterocycles. The van der Waals surface area contributed by atoms with Crippen LogP contribution in [0.2, 0.25) is 0 Å². The molecule has 4 aromatic rings. The normalized spacial score (nSPS) is 16.2. The number of rotatable bonds is 7.